The zero-order valence-corrected chi connectivity index (χ0v) is 10.2. The smallest absolute Gasteiger partial charge is 0.328 e. The van der Waals surface area contributed by atoms with E-state index in [0.29, 0.717) is 19.4 Å². The Morgan fingerprint density at radius 1 is 1.33 bits per heavy atom. The Labute approximate surface area is 106 Å². The predicted molar refractivity (Wildman–Crippen MR) is 66.9 cm³/mol. The third-order valence-electron chi connectivity index (χ3n) is 2.98. The molecule has 1 N–H and O–H groups in total. The van der Waals surface area contributed by atoms with Crippen LogP contribution in [0.15, 0.2) is 30.3 Å². The van der Waals surface area contributed by atoms with Gasteiger partial charge >= 0.3 is 5.97 Å². The van der Waals surface area contributed by atoms with Gasteiger partial charge in [-0.15, -0.1) is 0 Å². The summed E-state index contributed by atoms with van der Waals surface area (Å²) in [5.41, 5.74) is 1.24. The molecular weight excluding hydrogens is 230 g/mol. The summed E-state index contributed by atoms with van der Waals surface area (Å²) in [5, 5.41) is 2.60. The lowest BCUT2D eigenvalue weighted by molar-refractivity contribution is -0.146. The monoisotopic (exact) mass is 247 g/mol. The second-order valence-electron chi connectivity index (χ2n) is 4.42. The highest BCUT2D eigenvalue weighted by atomic mass is 16.5. The molecule has 1 aliphatic rings. The summed E-state index contributed by atoms with van der Waals surface area (Å²) in [6, 6.07) is 9.64. The normalized spacial score (nSPS) is 18.4. The van der Waals surface area contributed by atoms with Crippen molar-refractivity contribution >= 4 is 11.9 Å². The zero-order chi connectivity index (χ0) is 12.8. The van der Waals surface area contributed by atoms with Crippen molar-refractivity contribution in [3.63, 3.8) is 0 Å². The molecule has 0 aromatic heterocycles. The van der Waals surface area contributed by atoms with Crippen LogP contribution < -0.4 is 5.32 Å². The molecule has 18 heavy (non-hydrogen) atoms. The van der Waals surface area contributed by atoms with Gasteiger partial charge in [0.25, 0.3) is 0 Å². The van der Waals surface area contributed by atoms with E-state index in [1.54, 1.807) is 0 Å². The lowest BCUT2D eigenvalue weighted by Gasteiger charge is -2.09. The van der Waals surface area contributed by atoms with Gasteiger partial charge in [-0.1, -0.05) is 30.3 Å². The van der Waals surface area contributed by atoms with E-state index < -0.39 is 6.04 Å². The quantitative estimate of drug-likeness (QED) is 0.632. The molecule has 1 saturated heterocycles. The fourth-order valence-corrected chi connectivity index (χ4v) is 1.99. The van der Waals surface area contributed by atoms with Gasteiger partial charge in [0.2, 0.25) is 5.91 Å². The average molecular weight is 247 g/mol. The molecule has 96 valence electrons. The minimum Gasteiger partial charge on any atom is -0.464 e. The maximum atomic E-state index is 11.6. The number of hydrogen-bond acceptors (Lipinski definition) is 3. The Kier molecular flexibility index (Phi) is 4.34. The molecular formula is C14H17NO3. The van der Waals surface area contributed by atoms with Crippen molar-refractivity contribution in [3.05, 3.63) is 35.9 Å². The number of aryl methyl sites for hydroxylation is 1. The molecule has 1 heterocycles. The average Bonchev–Trinajstić information content (AvgIpc) is 2.82. The summed E-state index contributed by atoms with van der Waals surface area (Å²) < 4.78 is 5.14. The van der Waals surface area contributed by atoms with Crippen LogP contribution in [0.4, 0.5) is 0 Å². The molecule has 2 rings (SSSR count). The molecule has 0 spiro atoms. The number of carbonyl (C=O) groups is 2. The van der Waals surface area contributed by atoms with Gasteiger partial charge in [-0.3, -0.25) is 4.79 Å². The van der Waals surface area contributed by atoms with Crippen molar-refractivity contribution in [2.24, 2.45) is 0 Å². The molecule has 1 aromatic rings. The molecule has 1 atom stereocenters. The van der Waals surface area contributed by atoms with Crippen molar-refractivity contribution in [1.29, 1.82) is 0 Å². The highest BCUT2D eigenvalue weighted by Crippen LogP contribution is 2.08. The number of carbonyl (C=O) groups excluding carboxylic acids is 2. The first-order valence-corrected chi connectivity index (χ1v) is 6.25. The van der Waals surface area contributed by atoms with Crippen molar-refractivity contribution < 1.29 is 14.3 Å². The maximum absolute atomic E-state index is 11.6. The predicted octanol–water partition coefficient (Wildman–Crippen LogP) is 1.44. The Morgan fingerprint density at radius 3 is 2.78 bits per heavy atom. The van der Waals surface area contributed by atoms with Gasteiger partial charge in [0.15, 0.2) is 0 Å². The van der Waals surface area contributed by atoms with E-state index in [1.165, 1.54) is 5.56 Å². The van der Waals surface area contributed by atoms with Crippen LogP contribution in [0.2, 0.25) is 0 Å². The molecule has 4 nitrogen and oxygen atoms in total. The Hall–Kier alpha value is -1.84. The van der Waals surface area contributed by atoms with E-state index in [1.807, 2.05) is 18.2 Å². The summed E-state index contributed by atoms with van der Waals surface area (Å²) in [5.74, 6) is -0.379. The molecule has 0 aliphatic carbocycles. The number of ether oxygens (including phenoxy) is 1. The summed E-state index contributed by atoms with van der Waals surface area (Å²) in [6.45, 7) is 0.403. The molecule has 0 saturated carbocycles. The maximum Gasteiger partial charge on any atom is 0.328 e. The van der Waals surface area contributed by atoms with Gasteiger partial charge in [-0.2, -0.15) is 0 Å². The molecule has 0 bridgehead atoms. The summed E-state index contributed by atoms with van der Waals surface area (Å²) in [4.78, 5) is 22.5. The third kappa shape index (κ3) is 3.58. The van der Waals surface area contributed by atoms with Crippen LogP contribution in [-0.2, 0) is 20.7 Å². The largest absolute Gasteiger partial charge is 0.464 e. The van der Waals surface area contributed by atoms with Crippen LogP contribution >= 0.6 is 0 Å². The topological polar surface area (TPSA) is 55.4 Å². The van der Waals surface area contributed by atoms with Gasteiger partial charge in [-0.05, 0) is 24.8 Å². The molecule has 1 fully saturated rings. The number of amides is 1. The first kappa shape index (κ1) is 12.6. The molecule has 0 unspecified atom stereocenters. The molecule has 1 aromatic carbocycles. The van der Waals surface area contributed by atoms with Crippen LogP contribution in [0.5, 0.6) is 0 Å². The first-order chi connectivity index (χ1) is 8.75. The Bertz CT molecular complexity index is 416. The molecule has 1 aliphatic heterocycles. The second kappa shape index (κ2) is 6.19. The third-order valence-corrected chi connectivity index (χ3v) is 2.98. The number of nitrogens with one attached hydrogen (secondary N) is 1. The van der Waals surface area contributed by atoms with Crippen LogP contribution in [0, 0.1) is 0 Å². The number of rotatable bonds is 5. The Morgan fingerprint density at radius 2 is 2.11 bits per heavy atom. The fraction of sp³-hybridized carbons (Fsp3) is 0.429. The van der Waals surface area contributed by atoms with Gasteiger partial charge < -0.3 is 10.1 Å². The number of esters is 1. The molecule has 0 radical (unpaired) electrons. The lowest BCUT2D eigenvalue weighted by atomic mass is 10.1. The fourth-order valence-electron chi connectivity index (χ4n) is 1.99. The van der Waals surface area contributed by atoms with Crippen molar-refractivity contribution in [2.75, 3.05) is 6.61 Å². The summed E-state index contributed by atoms with van der Waals surface area (Å²) in [6.07, 6.45) is 2.67. The van der Waals surface area contributed by atoms with Crippen molar-refractivity contribution in [2.45, 2.75) is 31.7 Å². The van der Waals surface area contributed by atoms with Crippen LogP contribution in [0.25, 0.3) is 0 Å². The van der Waals surface area contributed by atoms with E-state index in [-0.39, 0.29) is 11.9 Å². The SMILES string of the molecule is O=C1CC[C@@H](C(=O)OCCCc2ccccc2)N1. The van der Waals surface area contributed by atoms with Gasteiger partial charge in [0.1, 0.15) is 6.04 Å². The first-order valence-electron chi connectivity index (χ1n) is 6.25. The van der Waals surface area contributed by atoms with Gasteiger partial charge in [0, 0.05) is 6.42 Å². The van der Waals surface area contributed by atoms with E-state index in [2.05, 4.69) is 17.4 Å². The van der Waals surface area contributed by atoms with E-state index in [0.717, 1.165) is 12.8 Å². The van der Waals surface area contributed by atoms with Crippen molar-refractivity contribution in [3.8, 4) is 0 Å². The van der Waals surface area contributed by atoms with E-state index in [9.17, 15) is 9.59 Å². The highest BCUT2D eigenvalue weighted by Gasteiger charge is 2.28. The van der Waals surface area contributed by atoms with Crippen molar-refractivity contribution in [1.82, 2.24) is 5.32 Å². The molecule has 4 heteroatoms. The van der Waals surface area contributed by atoms with Crippen LogP contribution in [0.3, 0.4) is 0 Å². The minimum absolute atomic E-state index is 0.0683. The van der Waals surface area contributed by atoms with E-state index in [4.69, 9.17) is 4.74 Å². The highest BCUT2D eigenvalue weighted by molar-refractivity contribution is 5.87. The summed E-state index contributed by atoms with van der Waals surface area (Å²) in [7, 11) is 0. The lowest BCUT2D eigenvalue weighted by Crippen LogP contribution is -2.34. The second-order valence-corrected chi connectivity index (χ2v) is 4.42. The van der Waals surface area contributed by atoms with Crippen LogP contribution in [-0.4, -0.2) is 24.5 Å². The van der Waals surface area contributed by atoms with Gasteiger partial charge in [-0.25, -0.2) is 4.79 Å². The van der Waals surface area contributed by atoms with E-state index >= 15 is 0 Å². The Balaban J connectivity index is 1.63. The molecule has 1 amide bonds. The standard InChI is InChI=1S/C14H17NO3/c16-13-9-8-12(15-13)14(17)18-10-4-7-11-5-2-1-3-6-11/h1-3,5-6,12H,4,7-10H2,(H,15,16)/t12-/m0/s1. The summed E-state index contributed by atoms with van der Waals surface area (Å²) >= 11 is 0. The van der Waals surface area contributed by atoms with Crippen LogP contribution in [0.1, 0.15) is 24.8 Å². The number of benzene rings is 1. The van der Waals surface area contributed by atoms with Gasteiger partial charge in [0.05, 0.1) is 6.61 Å². The zero-order valence-electron chi connectivity index (χ0n) is 10.2. The minimum atomic E-state index is -0.436. The number of hydrogen-bond donors (Lipinski definition) is 1.